The zero-order chi connectivity index (χ0) is 14.8. The van der Waals surface area contributed by atoms with E-state index in [0.29, 0.717) is 13.1 Å². The maximum atomic E-state index is 12.4. The Morgan fingerprint density at radius 3 is 3.05 bits per heavy atom. The van der Waals surface area contributed by atoms with Gasteiger partial charge in [-0.3, -0.25) is 4.79 Å². The molecule has 1 unspecified atom stereocenters. The number of aromatic nitrogens is 2. The van der Waals surface area contributed by atoms with Gasteiger partial charge in [-0.1, -0.05) is 0 Å². The summed E-state index contributed by atoms with van der Waals surface area (Å²) in [6, 6.07) is 0.962. The molecule has 2 aromatic heterocycles. The molecular weight excluding hydrogens is 290 g/mol. The number of nitrogens with zero attached hydrogens (tertiary/aromatic N) is 3. The molecule has 1 amide bonds. The van der Waals surface area contributed by atoms with E-state index in [1.165, 1.54) is 4.90 Å². The van der Waals surface area contributed by atoms with Gasteiger partial charge in [-0.15, -0.1) is 11.3 Å². The number of carbonyl (C=O) groups excluding carboxylic acids is 1. The summed E-state index contributed by atoms with van der Waals surface area (Å²) in [5, 5.41) is 11.4. The highest BCUT2D eigenvalue weighted by Crippen LogP contribution is 2.33. The molecule has 2 aromatic rings. The van der Waals surface area contributed by atoms with Crippen LogP contribution in [0.2, 0.25) is 0 Å². The average molecular weight is 305 g/mol. The molecule has 1 N–H and O–H groups in total. The molecule has 0 fully saturated rings. The van der Waals surface area contributed by atoms with Gasteiger partial charge in [-0.25, -0.2) is 9.78 Å². The Kier molecular flexibility index (Phi) is 3.74. The van der Waals surface area contributed by atoms with Crippen molar-refractivity contribution in [3.8, 4) is 0 Å². The first kappa shape index (κ1) is 13.8. The van der Waals surface area contributed by atoms with E-state index in [-0.39, 0.29) is 12.3 Å². The van der Waals surface area contributed by atoms with Crippen molar-refractivity contribution in [3.63, 3.8) is 0 Å². The molecule has 0 spiro atoms. The average Bonchev–Trinajstić information content (AvgIpc) is 3.14. The van der Waals surface area contributed by atoms with Crippen LogP contribution in [-0.2, 0) is 22.6 Å². The highest BCUT2D eigenvalue weighted by atomic mass is 32.1. The first-order valence-electron chi connectivity index (χ1n) is 6.71. The number of aliphatic carboxylic acids is 1. The Morgan fingerprint density at radius 2 is 2.33 bits per heavy atom. The topological polar surface area (TPSA) is 75.4 Å². The summed E-state index contributed by atoms with van der Waals surface area (Å²) in [5.41, 5.74) is 0.759. The molecule has 1 aliphatic heterocycles. The summed E-state index contributed by atoms with van der Waals surface area (Å²) < 4.78 is 1.81. The van der Waals surface area contributed by atoms with Gasteiger partial charge in [0.1, 0.15) is 0 Å². The minimum atomic E-state index is -0.967. The third kappa shape index (κ3) is 2.69. The number of rotatable bonds is 4. The van der Waals surface area contributed by atoms with Crippen LogP contribution in [0, 0.1) is 0 Å². The fourth-order valence-corrected chi connectivity index (χ4v) is 3.54. The number of carboxylic acids is 1. The normalized spacial score (nSPS) is 17.5. The van der Waals surface area contributed by atoms with Gasteiger partial charge in [0.15, 0.2) is 6.04 Å². The molecule has 0 radical (unpaired) electrons. The van der Waals surface area contributed by atoms with Crippen LogP contribution >= 0.6 is 11.3 Å². The van der Waals surface area contributed by atoms with E-state index in [2.05, 4.69) is 4.98 Å². The van der Waals surface area contributed by atoms with E-state index in [1.807, 2.05) is 16.0 Å². The summed E-state index contributed by atoms with van der Waals surface area (Å²) in [6.45, 7) is 0.978. The Morgan fingerprint density at radius 1 is 1.48 bits per heavy atom. The molecule has 7 heteroatoms. The van der Waals surface area contributed by atoms with Gasteiger partial charge in [0.25, 0.3) is 0 Å². The Hall–Kier alpha value is -2.15. The Bertz CT molecular complexity index is 650. The highest BCUT2D eigenvalue weighted by molar-refractivity contribution is 7.10. The van der Waals surface area contributed by atoms with Gasteiger partial charge in [-0.05, 0) is 23.4 Å². The molecule has 0 aromatic carbocycles. The third-order valence-electron chi connectivity index (χ3n) is 3.66. The lowest BCUT2D eigenvalue weighted by Gasteiger charge is -2.33. The molecule has 0 saturated carbocycles. The van der Waals surface area contributed by atoms with E-state index < -0.39 is 12.0 Å². The largest absolute Gasteiger partial charge is 0.479 e. The first-order valence-corrected chi connectivity index (χ1v) is 7.59. The minimum Gasteiger partial charge on any atom is -0.479 e. The fraction of sp³-hybridized carbons (Fsp3) is 0.357. The summed E-state index contributed by atoms with van der Waals surface area (Å²) in [6.07, 6.45) is 6.10. The first-order chi connectivity index (χ1) is 10.2. The van der Waals surface area contributed by atoms with Gasteiger partial charge >= 0.3 is 5.97 Å². The minimum absolute atomic E-state index is 0.132. The van der Waals surface area contributed by atoms with E-state index in [1.54, 1.807) is 30.1 Å². The number of amides is 1. The van der Waals surface area contributed by atoms with E-state index in [4.69, 9.17) is 0 Å². The predicted octanol–water partition coefficient (Wildman–Crippen LogP) is 1.55. The van der Waals surface area contributed by atoms with Crippen molar-refractivity contribution in [1.82, 2.24) is 14.5 Å². The maximum absolute atomic E-state index is 12.4. The van der Waals surface area contributed by atoms with Crippen molar-refractivity contribution in [2.45, 2.75) is 25.4 Å². The molecule has 3 heterocycles. The maximum Gasteiger partial charge on any atom is 0.331 e. The second-order valence-corrected chi connectivity index (χ2v) is 5.93. The Balaban J connectivity index is 1.74. The van der Waals surface area contributed by atoms with Crippen LogP contribution in [-0.4, -0.2) is 38.0 Å². The van der Waals surface area contributed by atoms with Gasteiger partial charge in [0.05, 0.1) is 6.33 Å². The monoisotopic (exact) mass is 305 g/mol. The number of imidazole rings is 1. The lowest BCUT2D eigenvalue weighted by Crippen LogP contribution is -2.43. The van der Waals surface area contributed by atoms with Crippen LogP contribution in [0.3, 0.4) is 0 Å². The zero-order valence-electron chi connectivity index (χ0n) is 11.3. The molecule has 0 bridgehead atoms. The molecule has 3 rings (SSSR count). The zero-order valence-corrected chi connectivity index (χ0v) is 12.1. The molecule has 6 nitrogen and oxygen atoms in total. The van der Waals surface area contributed by atoms with Crippen molar-refractivity contribution >= 4 is 23.2 Å². The third-order valence-corrected chi connectivity index (χ3v) is 4.66. The van der Waals surface area contributed by atoms with E-state index >= 15 is 0 Å². The number of carbonyl (C=O) groups is 2. The smallest absolute Gasteiger partial charge is 0.331 e. The summed E-state index contributed by atoms with van der Waals surface area (Å²) in [4.78, 5) is 30.4. The van der Waals surface area contributed by atoms with Crippen LogP contribution in [0.5, 0.6) is 0 Å². The number of thiophene rings is 1. The molecule has 0 saturated heterocycles. The van der Waals surface area contributed by atoms with Gasteiger partial charge in [0, 0.05) is 36.8 Å². The second kappa shape index (κ2) is 5.69. The van der Waals surface area contributed by atoms with E-state index in [9.17, 15) is 14.7 Å². The lowest BCUT2D eigenvalue weighted by molar-refractivity contribution is -0.151. The SMILES string of the molecule is O=C(O)C1c2ccsc2CCN1C(=O)CCn1ccnc1. The molecular formula is C14H15N3O3S. The van der Waals surface area contributed by atoms with Crippen molar-refractivity contribution in [1.29, 1.82) is 0 Å². The van der Waals surface area contributed by atoms with Crippen molar-refractivity contribution in [2.24, 2.45) is 0 Å². The number of hydrogen-bond acceptors (Lipinski definition) is 4. The van der Waals surface area contributed by atoms with Crippen LogP contribution in [0.15, 0.2) is 30.2 Å². The molecule has 1 aliphatic rings. The van der Waals surface area contributed by atoms with Crippen LogP contribution < -0.4 is 0 Å². The number of hydrogen-bond donors (Lipinski definition) is 1. The van der Waals surface area contributed by atoms with Gasteiger partial charge in [0.2, 0.25) is 5.91 Å². The standard InChI is InChI=1S/C14H15N3O3S/c18-12(2-5-16-7-4-15-9-16)17-6-1-11-10(3-8-21-11)13(17)14(19)20/h3-4,7-9,13H,1-2,5-6H2,(H,19,20). The summed E-state index contributed by atoms with van der Waals surface area (Å²) in [7, 11) is 0. The second-order valence-electron chi connectivity index (χ2n) is 4.93. The predicted molar refractivity (Wildman–Crippen MR) is 77.0 cm³/mol. The molecule has 110 valence electrons. The lowest BCUT2D eigenvalue weighted by atomic mass is 9.99. The Labute approximate surface area is 125 Å². The van der Waals surface area contributed by atoms with Crippen LogP contribution in [0.25, 0.3) is 0 Å². The molecule has 1 atom stereocenters. The van der Waals surface area contributed by atoms with Gasteiger partial charge in [-0.2, -0.15) is 0 Å². The number of carboxylic acid groups (broad SMARTS) is 1. The molecule has 21 heavy (non-hydrogen) atoms. The number of fused-ring (bicyclic) bond motifs is 1. The van der Waals surface area contributed by atoms with Crippen molar-refractivity contribution in [3.05, 3.63) is 40.6 Å². The van der Waals surface area contributed by atoms with E-state index in [0.717, 1.165) is 16.9 Å². The van der Waals surface area contributed by atoms with Crippen LogP contribution in [0.1, 0.15) is 22.9 Å². The van der Waals surface area contributed by atoms with Crippen molar-refractivity contribution < 1.29 is 14.7 Å². The van der Waals surface area contributed by atoms with Crippen LogP contribution in [0.4, 0.5) is 0 Å². The number of aryl methyl sites for hydroxylation is 1. The van der Waals surface area contributed by atoms with Gasteiger partial charge < -0.3 is 14.6 Å². The fourth-order valence-electron chi connectivity index (χ4n) is 2.64. The quantitative estimate of drug-likeness (QED) is 0.930. The van der Waals surface area contributed by atoms with Crippen molar-refractivity contribution in [2.75, 3.05) is 6.54 Å². The summed E-state index contributed by atoms with van der Waals surface area (Å²) >= 11 is 1.56. The molecule has 0 aliphatic carbocycles. The summed E-state index contributed by atoms with van der Waals surface area (Å²) in [5.74, 6) is -1.10. The highest BCUT2D eigenvalue weighted by Gasteiger charge is 2.36.